The first-order valence-electron chi connectivity index (χ1n) is 4.11. The minimum atomic E-state index is -0.526. The summed E-state index contributed by atoms with van der Waals surface area (Å²) < 4.78 is 0. The summed E-state index contributed by atoms with van der Waals surface area (Å²) in [6.45, 7) is 9.00. The first kappa shape index (κ1) is 9.03. The number of hydrogen-bond acceptors (Lipinski definition) is 2. The van der Waals surface area contributed by atoms with Crippen LogP contribution in [0.5, 0.6) is 0 Å². The third kappa shape index (κ3) is 1.42. The summed E-state index contributed by atoms with van der Waals surface area (Å²) in [7, 11) is 0. The number of aliphatic hydroxyl groups excluding tert-OH is 1. The second-order valence-electron chi connectivity index (χ2n) is 3.46. The molecule has 4 atom stereocenters. The van der Waals surface area contributed by atoms with Crippen LogP contribution in [0.25, 0.3) is 4.85 Å². The van der Waals surface area contributed by atoms with Gasteiger partial charge in [-0.3, -0.25) is 0 Å². The van der Waals surface area contributed by atoms with Crippen LogP contribution < -0.4 is 0 Å². The van der Waals surface area contributed by atoms with Crippen LogP contribution >= 0.6 is 0 Å². The fraction of sp³-hybridized carbons (Fsp3) is 0.778. The molecule has 1 rings (SSSR count). The Morgan fingerprint density at radius 1 is 1.75 bits per heavy atom. The van der Waals surface area contributed by atoms with Crippen molar-refractivity contribution < 1.29 is 5.11 Å². The molecule has 0 amide bonds. The van der Waals surface area contributed by atoms with E-state index < -0.39 is 6.10 Å². The largest absolute Gasteiger partial charge is 0.391 e. The van der Waals surface area contributed by atoms with Gasteiger partial charge in [-0.15, -0.1) is 0 Å². The highest BCUT2D eigenvalue weighted by Gasteiger charge is 2.41. The number of nitrogens with zero attached hydrogens (tertiary/aromatic N) is 2. The summed E-state index contributed by atoms with van der Waals surface area (Å²) in [6.07, 6.45) is 0.281. The van der Waals surface area contributed by atoms with Gasteiger partial charge in [-0.05, 0) is 12.3 Å². The molecule has 0 saturated heterocycles. The highest BCUT2D eigenvalue weighted by molar-refractivity contribution is 5.02. The lowest BCUT2D eigenvalue weighted by atomic mass is 9.97. The van der Waals surface area contributed by atoms with E-state index in [0.717, 1.165) is 6.42 Å². The van der Waals surface area contributed by atoms with E-state index in [1.54, 1.807) is 0 Å². The van der Waals surface area contributed by atoms with Crippen LogP contribution in [-0.2, 0) is 0 Å². The van der Waals surface area contributed by atoms with Crippen molar-refractivity contribution in [2.75, 3.05) is 6.54 Å². The molecule has 3 heteroatoms. The van der Waals surface area contributed by atoms with Crippen molar-refractivity contribution in [2.24, 2.45) is 17.8 Å². The zero-order chi connectivity index (χ0) is 9.14. The van der Waals surface area contributed by atoms with Crippen LogP contribution in [-0.4, -0.2) is 17.8 Å². The number of nitriles is 1. The number of aliphatic hydroxyl groups is 1. The lowest BCUT2D eigenvalue weighted by Gasteiger charge is -2.10. The highest BCUT2D eigenvalue weighted by Crippen LogP contribution is 2.36. The maximum absolute atomic E-state index is 9.53. The fourth-order valence-corrected chi connectivity index (χ4v) is 1.88. The summed E-state index contributed by atoms with van der Waals surface area (Å²) in [4.78, 5) is 3.27. The number of rotatable bonds is 1. The van der Waals surface area contributed by atoms with Crippen molar-refractivity contribution in [3.63, 3.8) is 0 Å². The lowest BCUT2D eigenvalue weighted by molar-refractivity contribution is 0.113. The van der Waals surface area contributed by atoms with Gasteiger partial charge < -0.3 is 9.95 Å². The molecule has 0 spiro atoms. The van der Waals surface area contributed by atoms with Gasteiger partial charge in [-0.25, -0.2) is 6.57 Å². The molecular formula is C9H12N2O. The molecule has 0 bridgehead atoms. The zero-order valence-corrected chi connectivity index (χ0v) is 7.07. The Balaban J connectivity index is 2.68. The minimum absolute atomic E-state index is 0.0810. The Hall–Kier alpha value is -1.06. The molecule has 1 saturated carbocycles. The van der Waals surface area contributed by atoms with Gasteiger partial charge in [0.05, 0.1) is 24.0 Å². The first-order valence-corrected chi connectivity index (χ1v) is 4.11. The molecule has 0 aromatic rings. The zero-order valence-electron chi connectivity index (χ0n) is 7.07. The van der Waals surface area contributed by atoms with Gasteiger partial charge in [0, 0.05) is 0 Å². The highest BCUT2D eigenvalue weighted by atomic mass is 16.3. The molecule has 0 aliphatic heterocycles. The molecule has 0 heterocycles. The van der Waals surface area contributed by atoms with Gasteiger partial charge in [0.1, 0.15) is 0 Å². The first-order chi connectivity index (χ1) is 5.70. The minimum Gasteiger partial charge on any atom is -0.391 e. The van der Waals surface area contributed by atoms with E-state index in [2.05, 4.69) is 10.9 Å². The van der Waals surface area contributed by atoms with Gasteiger partial charge >= 0.3 is 0 Å². The normalized spacial score (nSPS) is 40.3. The quantitative estimate of drug-likeness (QED) is 0.589. The molecule has 1 aliphatic carbocycles. The Morgan fingerprint density at radius 2 is 2.42 bits per heavy atom. The molecule has 0 aromatic heterocycles. The van der Waals surface area contributed by atoms with Crippen molar-refractivity contribution in [1.82, 2.24) is 0 Å². The maximum atomic E-state index is 9.53. The molecule has 3 nitrogen and oxygen atoms in total. The number of hydrogen-bond donors (Lipinski definition) is 1. The van der Waals surface area contributed by atoms with E-state index in [1.807, 2.05) is 6.92 Å². The van der Waals surface area contributed by atoms with Crippen molar-refractivity contribution in [3.8, 4) is 6.07 Å². The van der Waals surface area contributed by atoms with E-state index in [9.17, 15) is 5.11 Å². The SMILES string of the molecule is [C-]#[N+]C[C@H]1C[C@@H](C)[C@@H](O)C1C#N. The van der Waals surface area contributed by atoms with Gasteiger partial charge in [0.2, 0.25) is 6.54 Å². The molecule has 64 valence electrons. The fourth-order valence-electron chi connectivity index (χ4n) is 1.88. The van der Waals surface area contributed by atoms with E-state index in [1.165, 1.54) is 0 Å². The van der Waals surface area contributed by atoms with Gasteiger partial charge in [-0.1, -0.05) is 6.92 Å². The van der Waals surface area contributed by atoms with Crippen molar-refractivity contribution in [2.45, 2.75) is 19.4 Å². The maximum Gasteiger partial charge on any atom is 0.218 e. The van der Waals surface area contributed by atoms with E-state index >= 15 is 0 Å². The van der Waals surface area contributed by atoms with E-state index in [-0.39, 0.29) is 17.8 Å². The Labute approximate surface area is 72.4 Å². The molecule has 1 fully saturated rings. The second kappa shape index (κ2) is 3.56. The average molecular weight is 164 g/mol. The van der Waals surface area contributed by atoms with Crippen LogP contribution in [0.15, 0.2) is 0 Å². The topological polar surface area (TPSA) is 48.4 Å². The van der Waals surface area contributed by atoms with E-state index in [4.69, 9.17) is 11.8 Å². The smallest absolute Gasteiger partial charge is 0.218 e. The van der Waals surface area contributed by atoms with Crippen LogP contribution in [0.2, 0.25) is 0 Å². The predicted octanol–water partition coefficient (Wildman–Crippen LogP) is 1.06. The van der Waals surface area contributed by atoms with Crippen LogP contribution in [0.3, 0.4) is 0 Å². The molecule has 0 aromatic carbocycles. The molecule has 0 radical (unpaired) electrons. The van der Waals surface area contributed by atoms with Crippen molar-refractivity contribution in [1.29, 1.82) is 5.26 Å². The summed E-state index contributed by atoms with van der Waals surface area (Å²) in [5.41, 5.74) is 0. The molecule has 12 heavy (non-hydrogen) atoms. The van der Waals surface area contributed by atoms with Crippen LogP contribution in [0, 0.1) is 35.7 Å². The van der Waals surface area contributed by atoms with Gasteiger partial charge in [0.15, 0.2) is 0 Å². The summed E-state index contributed by atoms with van der Waals surface area (Å²) in [5.74, 6) is -0.0759. The molecular weight excluding hydrogens is 152 g/mol. The van der Waals surface area contributed by atoms with Crippen LogP contribution in [0.4, 0.5) is 0 Å². The predicted molar refractivity (Wildman–Crippen MR) is 43.8 cm³/mol. The van der Waals surface area contributed by atoms with Crippen molar-refractivity contribution >= 4 is 0 Å². The van der Waals surface area contributed by atoms with Crippen molar-refractivity contribution in [3.05, 3.63) is 11.4 Å². The monoisotopic (exact) mass is 164 g/mol. The molecule has 1 unspecified atom stereocenters. The third-order valence-electron chi connectivity index (χ3n) is 2.61. The molecule has 1 aliphatic rings. The summed E-state index contributed by atoms with van der Waals surface area (Å²) in [5, 5.41) is 18.3. The second-order valence-corrected chi connectivity index (χ2v) is 3.46. The Morgan fingerprint density at radius 3 is 2.92 bits per heavy atom. The average Bonchev–Trinajstić information content (AvgIpc) is 2.29. The third-order valence-corrected chi connectivity index (χ3v) is 2.61. The summed E-state index contributed by atoms with van der Waals surface area (Å²) >= 11 is 0. The standard InChI is InChI=1S/C9H12N2O/c1-6-3-7(5-11-2)8(4-10)9(6)12/h6-9,12H,3,5H2,1H3/t6-,7-,8?,9-/m1/s1. The van der Waals surface area contributed by atoms with Crippen LogP contribution in [0.1, 0.15) is 13.3 Å². The van der Waals surface area contributed by atoms with E-state index in [0.29, 0.717) is 6.54 Å². The van der Waals surface area contributed by atoms with Gasteiger partial charge in [0.25, 0.3) is 0 Å². The molecule has 1 N–H and O–H groups in total. The lowest BCUT2D eigenvalue weighted by Crippen LogP contribution is -2.21. The Kier molecular flexibility index (Phi) is 2.68. The Bertz CT molecular complexity index is 238. The van der Waals surface area contributed by atoms with Gasteiger partial charge in [-0.2, -0.15) is 5.26 Å². The summed E-state index contributed by atoms with van der Waals surface area (Å²) in [6, 6.07) is 2.09.